The van der Waals surface area contributed by atoms with Crippen molar-refractivity contribution in [1.29, 1.82) is 0 Å². The maximum atomic E-state index is 13.8. The maximum Gasteiger partial charge on any atom is 0.265 e. The van der Waals surface area contributed by atoms with E-state index in [-0.39, 0.29) is 11.7 Å². The number of methoxy groups -OCH3 is 1. The summed E-state index contributed by atoms with van der Waals surface area (Å²) in [5, 5.41) is 0.492. The van der Waals surface area contributed by atoms with Gasteiger partial charge >= 0.3 is 0 Å². The molecule has 1 saturated heterocycles. The molecule has 1 aliphatic rings. The third-order valence-corrected chi connectivity index (χ3v) is 6.57. The summed E-state index contributed by atoms with van der Waals surface area (Å²) in [6.07, 6.45) is 2.00. The standard InChI is InChI=1S/C26H25N5O3/c1-16-27-24-22(26(32)30(16)15-18-9-7-13-34-18)23-25(29-20-11-5-4-10-19(20)28-23)31(24)14-17-8-3-6-12-21(17)33-2/h3-6,8,10-12,18H,7,9,13-15H2,1-2H3/t18-/m1/s1. The van der Waals surface area contributed by atoms with Crippen molar-refractivity contribution in [1.82, 2.24) is 24.1 Å². The van der Waals surface area contributed by atoms with Crippen LogP contribution < -0.4 is 10.3 Å². The fourth-order valence-electron chi connectivity index (χ4n) is 4.86. The van der Waals surface area contributed by atoms with Gasteiger partial charge in [-0.15, -0.1) is 0 Å². The van der Waals surface area contributed by atoms with Gasteiger partial charge in [-0.1, -0.05) is 30.3 Å². The lowest BCUT2D eigenvalue weighted by atomic mass is 10.2. The zero-order valence-corrected chi connectivity index (χ0v) is 19.2. The lowest BCUT2D eigenvalue weighted by Crippen LogP contribution is -2.29. The quantitative estimate of drug-likeness (QED) is 0.400. The third-order valence-electron chi connectivity index (χ3n) is 6.57. The number of benzene rings is 2. The fourth-order valence-corrected chi connectivity index (χ4v) is 4.86. The van der Waals surface area contributed by atoms with Gasteiger partial charge in [0.15, 0.2) is 11.3 Å². The number of nitrogens with zero attached hydrogens (tertiary/aromatic N) is 5. The second kappa shape index (κ2) is 8.22. The molecule has 6 rings (SSSR count). The molecule has 3 aromatic heterocycles. The van der Waals surface area contributed by atoms with E-state index in [4.69, 9.17) is 24.4 Å². The summed E-state index contributed by atoms with van der Waals surface area (Å²) >= 11 is 0. The summed E-state index contributed by atoms with van der Waals surface area (Å²) in [7, 11) is 1.66. The number of ether oxygens (including phenoxy) is 2. The monoisotopic (exact) mass is 455 g/mol. The Kier molecular flexibility index (Phi) is 5.03. The SMILES string of the molecule is COc1ccccc1Cn1c2nc3ccccc3nc2c2c(=O)n(C[C@H]3CCCO3)c(C)nc21. The van der Waals surface area contributed by atoms with Crippen LogP contribution in [0.4, 0.5) is 0 Å². The van der Waals surface area contributed by atoms with Crippen molar-refractivity contribution in [3.63, 3.8) is 0 Å². The summed E-state index contributed by atoms with van der Waals surface area (Å²) < 4.78 is 15.1. The van der Waals surface area contributed by atoms with Gasteiger partial charge in [-0.3, -0.25) is 9.36 Å². The summed E-state index contributed by atoms with van der Waals surface area (Å²) in [6.45, 7) is 3.56. The molecule has 0 amide bonds. The number of aryl methyl sites for hydroxylation is 1. The van der Waals surface area contributed by atoms with Crippen LogP contribution in [-0.2, 0) is 17.8 Å². The largest absolute Gasteiger partial charge is 0.496 e. The van der Waals surface area contributed by atoms with Crippen LogP contribution >= 0.6 is 0 Å². The smallest absolute Gasteiger partial charge is 0.265 e. The Morgan fingerprint density at radius 2 is 1.76 bits per heavy atom. The zero-order chi connectivity index (χ0) is 23.2. The molecule has 172 valence electrons. The van der Waals surface area contributed by atoms with Crippen LogP contribution in [0.3, 0.4) is 0 Å². The molecule has 0 bridgehead atoms. The van der Waals surface area contributed by atoms with Crippen LogP contribution in [0.25, 0.3) is 33.2 Å². The lowest BCUT2D eigenvalue weighted by molar-refractivity contribution is 0.0955. The lowest BCUT2D eigenvalue weighted by Gasteiger charge is -2.15. The van der Waals surface area contributed by atoms with Crippen molar-refractivity contribution < 1.29 is 9.47 Å². The average molecular weight is 456 g/mol. The van der Waals surface area contributed by atoms with Gasteiger partial charge in [0.1, 0.15) is 22.5 Å². The molecule has 34 heavy (non-hydrogen) atoms. The van der Waals surface area contributed by atoms with E-state index in [2.05, 4.69) is 0 Å². The van der Waals surface area contributed by atoms with E-state index >= 15 is 0 Å². The molecule has 8 heteroatoms. The summed E-state index contributed by atoms with van der Waals surface area (Å²) in [4.78, 5) is 28.5. The molecule has 2 aromatic carbocycles. The van der Waals surface area contributed by atoms with Gasteiger partial charge in [0.2, 0.25) is 0 Å². The Morgan fingerprint density at radius 1 is 1.00 bits per heavy atom. The molecule has 4 heterocycles. The fraction of sp³-hybridized carbons (Fsp3) is 0.308. The molecular formula is C26H25N5O3. The van der Waals surface area contributed by atoms with Crippen LogP contribution in [0.5, 0.6) is 5.75 Å². The van der Waals surface area contributed by atoms with Gasteiger partial charge in [-0.2, -0.15) is 0 Å². The highest BCUT2D eigenvalue weighted by molar-refractivity contribution is 6.04. The van der Waals surface area contributed by atoms with Gasteiger partial charge in [0.05, 0.1) is 37.3 Å². The number of aromatic nitrogens is 5. The molecule has 0 saturated carbocycles. The van der Waals surface area contributed by atoms with Gasteiger partial charge in [0.25, 0.3) is 5.56 Å². The first-order valence-electron chi connectivity index (χ1n) is 11.5. The second-order valence-electron chi connectivity index (χ2n) is 8.69. The van der Waals surface area contributed by atoms with E-state index in [0.717, 1.165) is 41.8 Å². The first-order valence-corrected chi connectivity index (χ1v) is 11.5. The Balaban J connectivity index is 1.64. The van der Waals surface area contributed by atoms with E-state index < -0.39 is 0 Å². The number of rotatable bonds is 5. The topological polar surface area (TPSA) is 84.1 Å². The summed E-state index contributed by atoms with van der Waals surface area (Å²) in [6, 6.07) is 15.6. The molecule has 1 atom stereocenters. The van der Waals surface area contributed by atoms with Gasteiger partial charge in [-0.25, -0.2) is 15.0 Å². The molecule has 0 N–H and O–H groups in total. The minimum Gasteiger partial charge on any atom is -0.496 e. The van der Waals surface area contributed by atoms with Crippen LogP contribution in [0, 0.1) is 6.92 Å². The minimum absolute atomic E-state index is 0.0319. The highest BCUT2D eigenvalue weighted by atomic mass is 16.5. The zero-order valence-electron chi connectivity index (χ0n) is 19.2. The minimum atomic E-state index is -0.105. The Morgan fingerprint density at radius 3 is 2.53 bits per heavy atom. The molecule has 0 spiro atoms. The molecule has 0 aliphatic carbocycles. The van der Waals surface area contributed by atoms with E-state index in [9.17, 15) is 4.79 Å². The molecule has 5 aromatic rings. The first-order chi connectivity index (χ1) is 16.6. The van der Waals surface area contributed by atoms with Gasteiger partial charge in [-0.05, 0) is 38.0 Å². The molecule has 1 fully saturated rings. The predicted octanol–water partition coefficient (Wildman–Crippen LogP) is 3.84. The maximum absolute atomic E-state index is 13.8. The van der Waals surface area contributed by atoms with Crippen molar-refractivity contribution in [2.75, 3.05) is 13.7 Å². The molecule has 0 unspecified atom stereocenters. The van der Waals surface area contributed by atoms with E-state index in [1.165, 1.54) is 0 Å². The predicted molar refractivity (Wildman–Crippen MR) is 130 cm³/mol. The average Bonchev–Trinajstić information content (AvgIpc) is 3.47. The van der Waals surface area contributed by atoms with Crippen molar-refractivity contribution in [2.45, 2.75) is 39.0 Å². The van der Waals surface area contributed by atoms with E-state index in [0.29, 0.717) is 41.1 Å². The van der Waals surface area contributed by atoms with Crippen LogP contribution in [0.2, 0.25) is 0 Å². The highest BCUT2D eigenvalue weighted by Gasteiger charge is 2.24. The number of hydrogen-bond donors (Lipinski definition) is 0. The molecular weight excluding hydrogens is 430 g/mol. The van der Waals surface area contributed by atoms with Crippen molar-refractivity contribution in [2.24, 2.45) is 0 Å². The second-order valence-corrected chi connectivity index (χ2v) is 8.69. The summed E-state index contributed by atoms with van der Waals surface area (Å²) in [5.41, 5.74) is 4.18. The molecule has 1 aliphatic heterocycles. The van der Waals surface area contributed by atoms with Crippen LogP contribution in [-0.4, -0.2) is 43.9 Å². The molecule has 0 radical (unpaired) electrons. The number of hydrogen-bond acceptors (Lipinski definition) is 6. The van der Waals surface area contributed by atoms with E-state index in [1.807, 2.05) is 60.0 Å². The van der Waals surface area contributed by atoms with Gasteiger partial charge in [0, 0.05) is 12.2 Å². The van der Waals surface area contributed by atoms with Crippen molar-refractivity contribution in [3.05, 3.63) is 70.3 Å². The molecule has 8 nitrogen and oxygen atoms in total. The Bertz CT molecular complexity index is 1600. The Labute approximate surface area is 195 Å². The first kappa shape index (κ1) is 20.8. The van der Waals surface area contributed by atoms with Crippen LogP contribution in [0.15, 0.2) is 53.3 Å². The highest BCUT2D eigenvalue weighted by Crippen LogP contribution is 2.28. The van der Waals surface area contributed by atoms with Crippen molar-refractivity contribution in [3.8, 4) is 5.75 Å². The normalized spacial score (nSPS) is 16.1. The van der Waals surface area contributed by atoms with Gasteiger partial charge < -0.3 is 14.0 Å². The number of fused-ring (bicyclic) bond motifs is 4. The summed E-state index contributed by atoms with van der Waals surface area (Å²) in [5.74, 6) is 1.43. The van der Waals surface area contributed by atoms with Crippen molar-refractivity contribution >= 4 is 33.2 Å². The Hall–Kier alpha value is -3.78. The van der Waals surface area contributed by atoms with E-state index in [1.54, 1.807) is 11.7 Å². The van der Waals surface area contributed by atoms with Crippen LogP contribution in [0.1, 0.15) is 24.2 Å². The number of para-hydroxylation sites is 3. The third kappa shape index (κ3) is 3.33.